The van der Waals surface area contributed by atoms with Crippen molar-refractivity contribution in [3.8, 4) is 0 Å². The van der Waals surface area contributed by atoms with E-state index in [0.717, 1.165) is 36.0 Å². The molecule has 254 valence electrons. The summed E-state index contributed by atoms with van der Waals surface area (Å²) in [5.41, 5.74) is 4.67. The van der Waals surface area contributed by atoms with Crippen LogP contribution in [0.2, 0.25) is 0 Å². The van der Waals surface area contributed by atoms with E-state index < -0.39 is 6.29 Å². The molecule has 2 amide bonds. The van der Waals surface area contributed by atoms with Gasteiger partial charge in [0.1, 0.15) is 0 Å². The molecular weight excluding hydrogens is 602 g/mol. The number of likely N-dealkylation sites (N-methyl/N-ethyl adjacent to an activating group) is 1. The van der Waals surface area contributed by atoms with Gasteiger partial charge in [-0.1, -0.05) is 86.1 Å². The van der Waals surface area contributed by atoms with Crippen LogP contribution in [0, 0.1) is 5.92 Å². The lowest BCUT2D eigenvalue weighted by Gasteiger charge is -2.43. The second kappa shape index (κ2) is 16.8. The molecule has 1 saturated heterocycles. The molecule has 0 aliphatic carbocycles. The molecule has 0 spiro atoms. The fourth-order valence-electron chi connectivity index (χ4n) is 6.33. The lowest BCUT2D eigenvalue weighted by molar-refractivity contribution is -0.276. The molecule has 5 atom stereocenters. The zero-order valence-electron chi connectivity index (χ0n) is 28.5. The number of benzene rings is 4. The largest absolute Gasteiger partial charge is 0.392 e. The Bertz CT molecular complexity index is 1660. The van der Waals surface area contributed by atoms with Crippen LogP contribution in [0.3, 0.4) is 0 Å². The average Bonchev–Trinajstić information content (AvgIpc) is 3.10. The van der Waals surface area contributed by atoms with Gasteiger partial charge in [0.2, 0.25) is 11.8 Å². The van der Waals surface area contributed by atoms with E-state index in [-0.39, 0.29) is 42.6 Å². The van der Waals surface area contributed by atoms with Gasteiger partial charge in [0.15, 0.2) is 6.29 Å². The highest BCUT2D eigenvalue weighted by Gasteiger charge is 2.39. The summed E-state index contributed by atoms with van der Waals surface area (Å²) in [6, 6.07) is 30.9. The molecule has 5 rings (SSSR count). The number of ether oxygens (including phenoxy) is 2. The summed E-state index contributed by atoms with van der Waals surface area (Å²) in [5, 5.41) is 17.9. The van der Waals surface area contributed by atoms with E-state index in [2.05, 4.69) is 78.9 Å². The highest BCUT2D eigenvalue weighted by atomic mass is 16.7. The average molecular weight is 652 g/mol. The molecule has 1 aliphatic heterocycles. The van der Waals surface area contributed by atoms with Gasteiger partial charge in [-0.3, -0.25) is 14.5 Å². The molecule has 1 aliphatic rings. The third kappa shape index (κ3) is 9.29. The maximum Gasteiger partial charge on any atom is 0.224 e. The first-order valence-electron chi connectivity index (χ1n) is 17.1. The highest BCUT2D eigenvalue weighted by molar-refractivity contribution is 5.90. The minimum Gasteiger partial charge on any atom is -0.392 e. The third-order valence-corrected chi connectivity index (χ3v) is 9.41. The van der Waals surface area contributed by atoms with Gasteiger partial charge in [-0.15, -0.1) is 0 Å². The van der Waals surface area contributed by atoms with Gasteiger partial charge < -0.3 is 25.2 Å². The van der Waals surface area contributed by atoms with Crippen molar-refractivity contribution in [2.75, 3.05) is 25.5 Å². The van der Waals surface area contributed by atoms with Crippen LogP contribution >= 0.6 is 0 Å². The van der Waals surface area contributed by atoms with Gasteiger partial charge in [-0.25, -0.2) is 0 Å². The van der Waals surface area contributed by atoms with Crippen molar-refractivity contribution in [1.82, 2.24) is 10.2 Å². The van der Waals surface area contributed by atoms with Crippen molar-refractivity contribution >= 4 is 28.3 Å². The molecule has 0 saturated carbocycles. The van der Waals surface area contributed by atoms with Crippen LogP contribution in [0.4, 0.5) is 5.69 Å². The van der Waals surface area contributed by atoms with E-state index in [4.69, 9.17) is 9.47 Å². The molecule has 1 heterocycles. The number of hydrogen-bond donors (Lipinski definition) is 3. The second-order valence-electron chi connectivity index (χ2n) is 13.0. The number of hydrogen-bond acceptors (Lipinski definition) is 6. The highest BCUT2D eigenvalue weighted by Crippen LogP contribution is 2.42. The van der Waals surface area contributed by atoms with Gasteiger partial charge in [-0.05, 0) is 72.5 Å². The third-order valence-electron chi connectivity index (χ3n) is 9.41. The molecule has 8 nitrogen and oxygen atoms in total. The van der Waals surface area contributed by atoms with E-state index in [9.17, 15) is 14.7 Å². The molecule has 3 N–H and O–H groups in total. The van der Waals surface area contributed by atoms with Gasteiger partial charge in [0.05, 0.1) is 18.8 Å². The lowest BCUT2D eigenvalue weighted by Crippen LogP contribution is -2.44. The molecule has 4 aromatic rings. The Kier molecular flexibility index (Phi) is 12.4. The van der Waals surface area contributed by atoms with Crippen LogP contribution in [-0.4, -0.2) is 48.1 Å². The predicted octanol–water partition coefficient (Wildman–Crippen LogP) is 7.45. The molecule has 0 aromatic heterocycles. The molecule has 5 unspecified atom stereocenters. The zero-order valence-corrected chi connectivity index (χ0v) is 28.5. The Morgan fingerprint density at radius 3 is 2.40 bits per heavy atom. The Morgan fingerprint density at radius 1 is 0.875 bits per heavy atom. The van der Waals surface area contributed by atoms with Crippen LogP contribution in [-0.2, 0) is 25.7 Å². The number of unbranched alkanes of at least 4 members (excludes halogenated alkanes) is 2. The Hall–Kier alpha value is -4.08. The van der Waals surface area contributed by atoms with E-state index in [1.807, 2.05) is 48.5 Å². The fourth-order valence-corrected chi connectivity index (χ4v) is 6.33. The summed E-state index contributed by atoms with van der Waals surface area (Å²) >= 11 is 0. The number of amides is 2. The van der Waals surface area contributed by atoms with E-state index in [1.54, 1.807) is 0 Å². The second-order valence-corrected chi connectivity index (χ2v) is 13.0. The summed E-state index contributed by atoms with van der Waals surface area (Å²) < 4.78 is 13.4. The maximum absolute atomic E-state index is 12.7. The van der Waals surface area contributed by atoms with Crippen molar-refractivity contribution in [3.05, 3.63) is 113 Å². The number of nitrogens with zero attached hydrogens (tertiary/aromatic N) is 1. The SMILES string of the molecule is CC(=O)NCCCCCC(=O)Nc1cccc(C2OC(CN(C)C(C)c3ccc4ccccc4c3)C(C)C(c3ccc(CO)cc3)O2)c1. The van der Waals surface area contributed by atoms with Crippen molar-refractivity contribution in [2.45, 2.75) is 77.6 Å². The molecule has 0 radical (unpaired) electrons. The quantitative estimate of drug-likeness (QED) is 0.123. The minimum absolute atomic E-state index is 0.0112. The minimum atomic E-state index is -0.635. The van der Waals surface area contributed by atoms with Crippen LogP contribution in [0.1, 0.15) is 87.1 Å². The Labute approximate surface area is 284 Å². The van der Waals surface area contributed by atoms with Crippen molar-refractivity contribution in [1.29, 1.82) is 0 Å². The number of aliphatic hydroxyl groups excluding tert-OH is 1. The Balaban J connectivity index is 1.30. The van der Waals surface area contributed by atoms with Crippen LogP contribution < -0.4 is 10.6 Å². The molecule has 8 heteroatoms. The first kappa shape index (κ1) is 35.2. The number of nitrogens with one attached hydrogen (secondary N) is 2. The van der Waals surface area contributed by atoms with Gasteiger partial charge in [-0.2, -0.15) is 0 Å². The number of fused-ring (bicyclic) bond motifs is 1. The normalized spacial score (nSPS) is 20.0. The lowest BCUT2D eigenvalue weighted by atomic mass is 9.89. The van der Waals surface area contributed by atoms with Crippen molar-refractivity contribution in [3.63, 3.8) is 0 Å². The van der Waals surface area contributed by atoms with Crippen molar-refractivity contribution in [2.24, 2.45) is 5.92 Å². The first-order valence-corrected chi connectivity index (χ1v) is 17.1. The monoisotopic (exact) mass is 651 g/mol. The van der Waals surface area contributed by atoms with Crippen LogP contribution in [0.25, 0.3) is 10.8 Å². The fraction of sp³-hybridized carbons (Fsp3) is 0.400. The number of anilines is 1. The molecular formula is C40H49N3O5. The molecule has 1 fully saturated rings. The maximum atomic E-state index is 12.7. The smallest absolute Gasteiger partial charge is 0.224 e. The molecule has 0 bridgehead atoms. The number of carbonyl (C=O) groups excluding carboxylic acids is 2. The zero-order chi connectivity index (χ0) is 34.0. The summed E-state index contributed by atoms with van der Waals surface area (Å²) in [6.45, 7) is 7.22. The van der Waals surface area contributed by atoms with Gasteiger partial charge in [0.25, 0.3) is 0 Å². The predicted molar refractivity (Wildman–Crippen MR) is 190 cm³/mol. The van der Waals surface area contributed by atoms with Crippen LogP contribution in [0.15, 0.2) is 91.0 Å². The van der Waals surface area contributed by atoms with Gasteiger partial charge in [0, 0.05) is 49.6 Å². The standard InChI is InChI=1S/C40H49N3O5/c1-27-37(25-43(4)28(2)33-21-20-31-11-7-8-12-34(31)23-33)47-40(48-39(27)32-18-16-30(26-44)17-19-32)35-13-10-14-36(24-35)42-38(46)15-6-5-9-22-41-29(3)45/h7-8,10-14,16-21,23-24,27-28,37,39-40,44H,5-6,9,15,22,25-26H2,1-4H3,(H,41,45)(H,42,46). The van der Waals surface area contributed by atoms with E-state index in [1.165, 1.54) is 23.3 Å². The number of carbonyl (C=O) groups is 2. The van der Waals surface area contributed by atoms with Crippen LogP contribution in [0.5, 0.6) is 0 Å². The summed E-state index contributed by atoms with van der Waals surface area (Å²) in [7, 11) is 2.14. The van der Waals surface area contributed by atoms with E-state index in [0.29, 0.717) is 25.2 Å². The van der Waals surface area contributed by atoms with E-state index >= 15 is 0 Å². The summed E-state index contributed by atoms with van der Waals surface area (Å²) in [5.74, 6) is -0.0383. The summed E-state index contributed by atoms with van der Waals surface area (Å²) in [4.78, 5) is 26.1. The topological polar surface area (TPSA) is 100 Å². The number of aliphatic hydroxyl groups is 1. The first-order chi connectivity index (χ1) is 23.2. The van der Waals surface area contributed by atoms with Gasteiger partial charge >= 0.3 is 0 Å². The number of rotatable bonds is 14. The Morgan fingerprint density at radius 2 is 1.65 bits per heavy atom. The molecule has 48 heavy (non-hydrogen) atoms. The summed E-state index contributed by atoms with van der Waals surface area (Å²) in [6.07, 6.45) is 1.86. The van der Waals surface area contributed by atoms with Crippen molar-refractivity contribution < 1.29 is 24.2 Å². The molecule has 4 aromatic carbocycles.